The number of rotatable bonds is 3. The summed E-state index contributed by atoms with van der Waals surface area (Å²) in [4.78, 5) is 22.1. The zero-order valence-corrected chi connectivity index (χ0v) is 9.92. The molecule has 1 aromatic carbocycles. The highest BCUT2D eigenvalue weighted by Crippen LogP contribution is 2.17. The van der Waals surface area contributed by atoms with Crippen molar-refractivity contribution in [1.29, 1.82) is 0 Å². The van der Waals surface area contributed by atoms with E-state index in [1.54, 1.807) is 0 Å². The number of nitrogens with one attached hydrogen (secondary N) is 1. The molecule has 6 heteroatoms. The minimum atomic E-state index is -1.15. The third kappa shape index (κ3) is 3.03. The number of carboxylic acid groups (broad SMARTS) is 1. The summed E-state index contributed by atoms with van der Waals surface area (Å²) in [6.45, 7) is 1.33. The van der Waals surface area contributed by atoms with Crippen molar-refractivity contribution in [3.05, 3.63) is 34.1 Å². The SMILES string of the molecule is C[C@@H](NC(=O)c1cc(F)ccc1Br)C(=O)O. The maximum Gasteiger partial charge on any atom is 0.325 e. The first kappa shape index (κ1) is 12.6. The molecule has 86 valence electrons. The summed E-state index contributed by atoms with van der Waals surface area (Å²) >= 11 is 3.08. The number of carboxylic acids is 1. The molecule has 4 nitrogen and oxygen atoms in total. The summed E-state index contributed by atoms with van der Waals surface area (Å²) in [6, 6.07) is 2.59. The van der Waals surface area contributed by atoms with E-state index in [0.717, 1.165) is 6.07 Å². The van der Waals surface area contributed by atoms with Gasteiger partial charge in [0, 0.05) is 4.47 Å². The lowest BCUT2D eigenvalue weighted by atomic mass is 10.2. The second-order valence-corrected chi connectivity index (χ2v) is 4.01. The molecule has 1 amide bonds. The fraction of sp³-hybridized carbons (Fsp3) is 0.200. The molecule has 0 saturated heterocycles. The number of carbonyl (C=O) groups excluding carboxylic acids is 1. The molecule has 0 spiro atoms. The average molecular weight is 290 g/mol. The van der Waals surface area contributed by atoms with Crippen LogP contribution < -0.4 is 5.32 Å². The van der Waals surface area contributed by atoms with Crippen molar-refractivity contribution in [3.63, 3.8) is 0 Å². The van der Waals surface area contributed by atoms with Crippen LogP contribution in [0.25, 0.3) is 0 Å². The van der Waals surface area contributed by atoms with Gasteiger partial charge in [-0.05, 0) is 41.1 Å². The Morgan fingerprint density at radius 2 is 2.12 bits per heavy atom. The molecule has 1 aromatic rings. The van der Waals surface area contributed by atoms with Gasteiger partial charge in [0.15, 0.2) is 0 Å². The lowest BCUT2D eigenvalue weighted by molar-refractivity contribution is -0.138. The minimum Gasteiger partial charge on any atom is -0.480 e. The van der Waals surface area contributed by atoms with E-state index in [1.807, 2.05) is 0 Å². The molecule has 0 radical (unpaired) electrons. The van der Waals surface area contributed by atoms with Crippen LogP contribution in [0.5, 0.6) is 0 Å². The summed E-state index contributed by atoms with van der Waals surface area (Å²) < 4.78 is 13.3. The molecule has 2 N–H and O–H groups in total. The average Bonchev–Trinajstić information content (AvgIpc) is 2.21. The van der Waals surface area contributed by atoms with Crippen LogP contribution in [0.15, 0.2) is 22.7 Å². The summed E-state index contributed by atoms with van der Waals surface area (Å²) in [5.41, 5.74) is 0.0631. The van der Waals surface area contributed by atoms with Gasteiger partial charge in [0.1, 0.15) is 11.9 Å². The first-order valence-electron chi connectivity index (χ1n) is 4.40. The number of aliphatic carboxylic acids is 1. The van der Waals surface area contributed by atoms with Crippen molar-refractivity contribution in [1.82, 2.24) is 5.32 Å². The second kappa shape index (κ2) is 5.07. The van der Waals surface area contributed by atoms with E-state index < -0.39 is 23.7 Å². The minimum absolute atomic E-state index is 0.0631. The normalized spacial score (nSPS) is 11.9. The predicted octanol–water partition coefficient (Wildman–Crippen LogP) is 1.79. The van der Waals surface area contributed by atoms with Crippen LogP contribution in [0.1, 0.15) is 17.3 Å². The van der Waals surface area contributed by atoms with Crippen LogP contribution in [-0.2, 0) is 4.79 Å². The Kier molecular flexibility index (Phi) is 4.00. The molecule has 0 aliphatic rings. The van der Waals surface area contributed by atoms with Gasteiger partial charge in [0.25, 0.3) is 5.91 Å². The quantitative estimate of drug-likeness (QED) is 0.892. The van der Waals surface area contributed by atoms with Gasteiger partial charge in [-0.25, -0.2) is 4.39 Å². The van der Waals surface area contributed by atoms with Crippen molar-refractivity contribution in [3.8, 4) is 0 Å². The van der Waals surface area contributed by atoms with Gasteiger partial charge in [0.05, 0.1) is 5.56 Å². The summed E-state index contributed by atoms with van der Waals surface area (Å²) in [5, 5.41) is 10.8. The van der Waals surface area contributed by atoms with Gasteiger partial charge >= 0.3 is 5.97 Å². The first-order chi connectivity index (χ1) is 7.41. The van der Waals surface area contributed by atoms with Crippen LogP contribution in [0, 0.1) is 5.82 Å². The Bertz CT molecular complexity index is 436. The van der Waals surface area contributed by atoms with Crippen LogP contribution in [0.4, 0.5) is 4.39 Å². The number of amides is 1. The number of benzene rings is 1. The van der Waals surface area contributed by atoms with Gasteiger partial charge in [0.2, 0.25) is 0 Å². The summed E-state index contributed by atoms with van der Waals surface area (Å²) in [6.07, 6.45) is 0. The van der Waals surface area contributed by atoms with Gasteiger partial charge < -0.3 is 10.4 Å². The predicted molar refractivity (Wildman–Crippen MR) is 58.7 cm³/mol. The maximum atomic E-state index is 12.9. The van der Waals surface area contributed by atoms with Crippen molar-refractivity contribution < 1.29 is 19.1 Å². The molecule has 0 heterocycles. The molecule has 0 aromatic heterocycles. The molecule has 1 rings (SSSR count). The summed E-state index contributed by atoms with van der Waals surface area (Å²) in [5.74, 6) is -2.35. The van der Waals surface area contributed by atoms with Gasteiger partial charge in [-0.3, -0.25) is 9.59 Å². The number of carbonyl (C=O) groups is 2. The zero-order valence-electron chi connectivity index (χ0n) is 8.33. The van der Waals surface area contributed by atoms with Crippen molar-refractivity contribution >= 4 is 27.8 Å². The first-order valence-corrected chi connectivity index (χ1v) is 5.20. The van der Waals surface area contributed by atoms with Crippen molar-refractivity contribution in [2.45, 2.75) is 13.0 Å². The van der Waals surface area contributed by atoms with E-state index in [-0.39, 0.29) is 5.56 Å². The lowest BCUT2D eigenvalue weighted by Crippen LogP contribution is -2.38. The monoisotopic (exact) mass is 289 g/mol. The van der Waals surface area contributed by atoms with Crippen molar-refractivity contribution in [2.75, 3.05) is 0 Å². The van der Waals surface area contributed by atoms with E-state index in [9.17, 15) is 14.0 Å². The Hall–Kier alpha value is -1.43. The third-order valence-corrected chi connectivity index (χ3v) is 2.58. The second-order valence-electron chi connectivity index (χ2n) is 3.16. The highest BCUT2D eigenvalue weighted by atomic mass is 79.9. The number of hydrogen-bond donors (Lipinski definition) is 2. The maximum absolute atomic E-state index is 12.9. The summed E-state index contributed by atoms with van der Waals surface area (Å²) in [7, 11) is 0. The standard InChI is InChI=1S/C10H9BrFNO3/c1-5(10(15)16)13-9(14)7-4-6(12)2-3-8(7)11/h2-5H,1H3,(H,13,14)(H,15,16)/t5-/m1/s1. The molecular weight excluding hydrogens is 281 g/mol. The van der Waals surface area contributed by atoms with Crippen LogP contribution in [0.2, 0.25) is 0 Å². The van der Waals surface area contributed by atoms with E-state index in [0.29, 0.717) is 4.47 Å². The van der Waals surface area contributed by atoms with Crippen molar-refractivity contribution in [2.24, 2.45) is 0 Å². The van der Waals surface area contributed by atoms with Gasteiger partial charge in [-0.15, -0.1) is 0 Å². The molecular formula is C10H9BrFNO3. The molecule has 0 aliphatic carbocycles. The Balaban J connectivity index is 2.88. The van der Waals surface area contributed by atoms with E-state index in [2.05, 4.69) is 21.2 Å². The fourth-order valence-corrected chi connectivity index (χ4v) is 1.43. The van der Waals surface area contributed by atoms with E-state index >= 15 is 0 Å². The third-order valence-electron chi connectivity index (χ3n) is 1.89. The van der Waals surface area contributed by atoms with Gasteiger partial charge in [-0.1, -0.05) is 0 Å². The van der Waals surface area contributed by atoms with E-state index in [4.69, 9.17) is 5.11 Å². The number of hydrogen-bond acceptors (Lipinski definition) is 2. The highest BCUT2D eigenvalue weighted by Gasteiger charge is 2.17. The molecule has 16 heavy (non-hydrogen) atoms. The van der Waals surface area contributed by atoms with Gasteiger partial charge in [-0.2, -0.15) is 0 Å². The molecule has 0 aliphatic heterocycles. The number of halogens is 2. The van der Waals surface area contributed by atoms with Crippen LogP contribution >= 0.6 is 15.9 Å². The molecule has 0 fully saturated rings. The Morgan fingerprint density at radius 1 is 1.50 bits per heavy atom. The molecule has 0 unspecified atom stereocenters. The Labute approximate surface area is 99.6 Å². The van der Waals surface area contributed by atoms with Crippen LogP contribution in [-0.4, -0.2) is 23.0 Å². The lowest BCUT2D eigenvalue weighted by Gasteiger charge is -2.10. The topological polar surface area (TPSA) is 66.4 Å². The largest absolute Gasteiger partial charge is 0.480 e. The highest BCUT2D eigenvalue weighted by molar-refractivity contribution is 9.10. The molecule has 0 saturated carbocycles. The molecule has 1 atom stereocenters. The smallest absolute Gasteiger partial charge is 0.325 e. The van der Waals surface area contributed by atoms with Crippen LogP contribution in [0.3, 0.4) is 0 Å². The fourth-order valence-electron chi connectivity index (χ4n) is 1.01. The van der Waals surface area contributed by atoms with E-state index in [1.165, 1.54) is 19.1 Å². The molecule has 0 bridgehead atoms. The Morgan fingerprint density at radius 3 is 2.69 bits per heavy atom. The zero-order chi connectivity index (χ0) is 12.3.